The second-order valence-electron chi connectivity index (χ2n) is 9.04. The zero-order valence-electron chi connectivity index (χ0n) is 13.9. The average molecular weight is 265 g/mol. The van der Waals surface area contributed by atoms with Gasteiger partial charge in [0.15, 0.2) is 0 Å². The number of hydrogen-bond donors (Lipinski definition) is 1. The summed E-state index contributed by atoms with van der Waals surface area (Å²) in [6.07, 6.45) is 9.91. The third-order valence-electron chi connectivity index (χ3n) is 5.51. The Bertz CT molecular complexity index is 276. The van der Waals surface area contributed by atoms with E-state index < -0.39 is 0 Å². The first-order valence-electron chi connectivity index (χ1n) is 8.51. The summed E-state index contributed by atoms with van der Waals surface area (Å²) in [7, 11) is 0. The molecule has 2 saturated carbocycles. The Kier molecular flexibility index (Phi) is 4.65. The van der Waals surface area contributed by atoms with E-state index in [9.17, 15) is 0 Å². The molecule has 1 heteroatoms. The molecule has 0 amide bonds. The maximum absolute atomic E-state index is 3.93. The molecular weight excluding hydrogens is 230 g/mol. The van der Waals surface area contributed by atoms with Gasteiger partial charge in [0.2, 0.25) is 0 Å². The van der Waals surface area contributed by atoms with Crippen LogP contribution in [0, 0.1) is 22.7 Å². The van der Waals surface area contributed by atoms with Crippen LogP contribution in [0.1, 0.15) is 79.6 Å². The molecule has 2 unspecified atom stereocenters. The summed E-state index contributed by atoms with van der Waals surface area (Å²) in [6.45, 7) is 13.5. The van der Waals surface area contributed by atoms with E-state index in [1.807, 2.05) is 0 Å². The molecule has 1 N–H and O–H groups in total. The Balaban J connectivity index is 1.85. The maximum Gasteiger partial charge on any atom is 0.00773 e. The van der Waals surface area contributed by atoms with Crippen molar-refractivity contribution in [1.29, 1.82) is 0 Å². The van der Waals surface area contributed by atoms with E-state index >= 15 is 0 Å². The summed E-state index contributed by atoms with van der Waals surface area (Å²) in [5, 5.41) is 3.93. The first kappa shape index (κ1) is 15.4. The molecule has 2 atom stereocenters. The lowest BCUT2D eigenvalue weighted by atomic mass is 9.63. The topological polar surface area (TPSA) is 12.0 Å². The zero-order chi connectivity index (χ0) is 14.1. The summed E-state index contributed by atoms with van der Waals surface area (Å²) in [5.41, 5.74) is 1.02. The first-order chi connectivity index (χ1) is 8.77. The Labute approximate surface area is 120 Å². The minimum absolute atomic E-state index is 0.512. The quantitative estimate of drug-likeness (QED) is 0.756. The van der Waals surface area contributed by atoms with E-state index in [0.29, 0.717) is 10.8 Å². The first-order valence-corrected chi connectivity index (χ1v) is 8.51. The summed E-state index contributed by atoms with van der Waals surface area (Å²) >= 11 is 0. The molecule has 0 aliphatic heterocycles. The predicted octanol–water partition coefficient (Wildman–Crippen LogP) is 5.01. The van der Waals surface area contributed by atoms with E-state index in [2.05, 4.69) is 39.9 Å². The average Bonchev–Trinajstić information content (AvgIpc) is 2.23. The minimum atomic E-state index is 0.512. The fraction of sp³-hybridized carbons (Fsp3) is 1.00. The van der Waals surface area contributed by atoms with Gasteiger partial charge >= 0.3 is 0 Å². The van der Waals surface area contributed by atoms with E-state index in [1.54, 1.807) is 0 Å². The van der Waals surface area contributed by atoms with Crippen molar-refractivity contribution in [2.45, 2.75) is 85.6 Å². The predicted molar refractivity (Wildman–Crippen MR) is 84.3 cm³/mol. The van der Waals surface area contributed by atoms with Crippen LogP contribution in [0.3, 0.4) is 0 Å². The molecule has 0 heterocycles. The van der Waals surface area contributed by atoms with Crippen molar-refractivity contribution < 1.29 is 0 Å². The smallest absolute Gasteiger partial charge is 0.00773 e. The number of hydrogen-bond acceptors (Lipinski definition) is 1. The number of nitrogens with one attached hydrogen (secondary N) is 1. The van der Waals surface area contributed by atoms with Gasteiger partial charge in [0, 0.05) is 6.04 Å². The summed E-state index contributed by atoms with van der Waals surface area (Å²) in [5.74, 6) is 1.87. The Morgan fingerprint density at radius 1 is 0.947 bits per heavy atom. The highest BCUT2D eigenvalue weighted by atomic mass is 14.9. The third-order valence-corrected chi connectivity index (χ3v) is 5.51. The van der Waals surface area contributed by atoms with Gasteiger partial charge in [-0.2, -0.15) is 0 Å². The van der Waals surface area contributed by atoms with Crippen LogP contribution in [0.15, 0.2) is 0 Å². The normalized spacial score (nSPS) is 35.2. The van der Waals surface area contributed by atoms with Crippen molar-refractivity contribution in [2.24, 2.45) is 22.7 Å². The van der Waals surface area contributed by atoms with Crippen LogP contribution in [0.2, 0.25) is 0 Å². The second-order valence-corrected chi connectivity index (χ2v) is 9.04. The van der Waals surface area contributed by atoms with Gasteiger partial charge in [0.05, 0.1) is 0 Å². The highest BCUT2D eigenvalue weighted by Gasteiger charge is 2.38. The Morgan fingerprint density at radius 2 is 1.53 bits per heavy atom. The van der Waals surface area contributed by atoms with Crippen LogP contribution in [-0.4, -0.2) is 12.6 Å². The van der Waals surface area contributed by atoms with Crippen molar-refractivity contribution in [3.05, 3.63) is 0 Å². The van der Waals surface area contributed by atoms with Gasteiger partial charge in [0.25, 0.3) is 0 Å². The lowest BCUT2D eigenvalue weighted by molar-refractivity contribution is 0.0805. The minimum Gasteiger partial charge on any atom is -0.314 e. The van der Waals surface area contributed by atoms with E-state index in [-0.39, 0.29) is 0 Å². The van der Waals surface area contributed by atoms with E-state index in [4.69, 9.17) is 0 Å². The highest BCUT2D eigenvalue weighted by Crippen LogP contribution is 2.45. The molecule has 112 valence electrons. The molecule has 2 rings (SSSR count). The van der Waals surface area contributed by atoms with Crippen molar-refractivity contribution in [1.82, 2.24) is 5.32 Å². The zero-order valence-corrected chi connectivity index (χ0v) is 13.9. The van der Waals surface area contributed by atoms with Gasteiger partial charge in [-0.05, 0) is 54.9 Å². The van der Waals surface area contributed by atoms with Crippen LogP contribution >= 0.6 is 0 Å². The van der Waals surface area contributed by atoms with Gasteiger partial charge in [-0.25, -0.2) is 0 Å². The van der Waals surface area contributed by atoms with Crippen molar-refractivity contribution in [3.8, 4) is 0 Å². The largest absolute Gasteiger partial charge is 0.314 e. The molecule has 2 aliphatic rings. The van der Waals surface area contributed by atoms with Gasteiger partial charge < -0.3 is 5.32 Å². The SMILES string of the molecule is CC1CCCCC1CNC1CC(C)(C)CC(C)(C)C1. The van der Waals surface area contributed by atoms with Crippen LogP contribution in [0.4, 0.5) is 0 Å². The van der Waals surface area contributed by atoms with E-state index in [1.165, 1.54) is 51.5 Å². The van der Waals surface area contributed by atoms with Crippen LogP contribution in [0.25, 0.3) is 0 Å². The summed E-state index contributed by atoms with van der Waals surface area (Å²) in [6, 6.07) is 0.743. The van der Waals surface area contributed by atoms with Gasteiger partial charge in [-0.1, -0.05) is 53.9 Å². The number of rotatable bonds is 3. The van der Waals surface area contributed by atoms with Gasteiger partial charge in [-0.3, -0.25) is 0 Å². The Morgan fingerprint density at radius 3 is 2.11 bits per heavy atom. The highest BCUT2D eigenvalue weighted by molar-refractivity contribution is 4.92. The van der Waals surface area contributed by atoms with Crippen LogP contribution in [0.5, 0.6) is 0 Å². The molecule has 1 nitrogen and oxygen atoms in total. The van der Waals surface area contributed by atoms with Crippen LogP contribution in [-0.2, 0) is 0 Å². The molecule has 0 aromatic rings. The van der Waals surface area contributed by atoms with E-state index in [0.717, 1.165) is 17.9 Å². The molecule has 0 saturated heterocycles. The lowest BCUT2D eigenvalue weighted by Gasteiger charge is -2.46. The molecule has 19 heavy (non-hydrogen) atoms. The van der Waals surface area contributed by atoms with Crippen molar-refractivity contribution in [3.63, 3.8) is 0 Å². The molecule has 0 aromatic heterocycles. The van der Waals surface area contributed by atoms with Crippen LogP contribution < -0.4 is 5.32 Å². The van der Waals surface area contributed by atoms with Gasteiger partial charge in [-0.15, -0.1) is 0 Å². The second kappa shape index (κ2) is 5.76. The maximum atomic E-state index is 3.93. The molecule has 0 spiro atoms. The standard InChI is InChI=1S/C18H35N/c1-14-8-6-7-9-15(14)12-19-16-10-17(2,3)13-18(4,5)11-16/h14-16,19H,6-13H2,1-5H3. The van der Waals surface area contributed by atoms with Gasteiger partial charge in [0.1, 0.15) is 0 Å². The van der Waals surface area contributed by atoms with Crippen molar-refractivity contribution in [2.75, 3.05) is 6.54 Å². The Hall–Kier alpha value is -0.0400. The fourth-order valence-electron chi connectivity index (χ4n) is 5.00. The molecule has 2 aliphatic carbocycles. The molecule has 2 fully saturated rings. The molecular formula is C18H35N. The summed E-state index contributed by atoms with van der Waals surface area (Å²) < 4.78 is 0. The molecule has 0 bridgehead atoms. The van der Waals surface area contributed by atoms with Crippen molar-refractivity contribution >= 4 is 0 Å². The fourth-order valence-corrected chi connectivity index (χ4v) is 5.00. The lowest BCUT2D eigenvalue weighted by Crippen LogP contribution is -2.45. The molecule has 0 radical (unpaired) electrons. The monoisotopic (exact) mass is 265 g/mol. The summed E-state index contributed by atoms with van der Waals surface area (Å²) in [4.78, 5) is 0. The molecule has 0 aromatic carbocycles. The third kappa shape index (κ3) is 4.48.